The zero-order valence-electron chi connectivity index (χ0n) is 13.8. The number of ether oxygens (including phenoxy) is 1. The summed E-state index contributed by atoms with van der Waals surface area (Å²) in [7, 11) is -2.69. The van der Waals surface area contributed by atoms with Crippen LogP contribution in [0.5, 0.6) is 0 Å². The molecular formula is C15H22ClN3O5S. The van der Waals surface area contributed by atoms with E-state index in [4.69, 9.17) is 0 Å². The van der Waals surface area contributed by atoms with Gasteiger partial charge in [0, 0.05) is 5.69 Å². The first-order valence-electron chi connectivity index (χ1n) is 7.58. The molecule has 0 spiro atoms. The molecule has 140 valence electrons. The van der Waals surface area contributed by atoms with Crippen LogP contribution in [0.3, 0.4) is 0 Å². The van der Waals surface area contributed by atoms with E-state index in [-0.39, 0.29) is 29.8 Å². The molecule has 1 aromatic carbocycles. The first-order valence-corrected chi connectivity index (χ1v) is 9.06. The number of sulfonamides is 1. The molecule has 0 radical (unpaired) electrons. The van der Waals surface area contributed by atoms with Crippen molar-refractivity contribution in [2.24, 2.45) is 5.92 Å². The minimum absolute atomic E-state index is 0. The molecule has 10 heteroatoms. The Kier molecular flexibility index (Phi) is 8.30. The molecule has 25 heavy (non-hydrogen) atoms. The van der Waals surface area contributed by atoms with Crippen molar-refractivity contribution in [1.82, 2.24) is 10.0 Å². The molecular weight excluding hydrogens is 370 g/mol. The molecule has 0 atom stereocenters. The van der Waals surface area contributed by atoms with Crippen molar-refractivity contribution in [3.05, 3.63) is 24.3 Å². The molecule has 1 fully saturated rings. The Morgan fingerprint density at radius 1 is 1.24 bits per heavy atom. The van der Waals surface area contributed by atoms with Crippen LogP contribution in [0.2, 0.25) is 0 Å². The number of halogens is 1. The van der Waals surface area contributed by atoms with Crippen LogP contribution in [0.15, 0.2) is 29.2 Å². The third kappa shape index (κ3) is 7.39. The highest BCUT2D eigenvalue weighted by Crippen LogP contribution is 2.27. The largest absolute Gasteiger partial charge is 0.468 e. The van der Waals surface area contributed by atoms with Gasteiger partial charge in [-0.25, -0.2) is 8.42 Å². The third-order valence-corrected chi connectivity index (χ3v) is 4.88. The first kappa shape index (κ1) is 21.4. The Morgan fingerprint density at radius 2 is 1.96 bits per heavy atom. The number of hydrogen-bond donors (Lipinski definition) is 3. The fourth-order valence-electron chi connectivity index (χ4n) is 1.97. The number of methoxy groups -OCH3 is 1. The van der Waals surface area contributed by atoms with Gasteiger partial charge in [-0.05, 0) is 43.5 Å². The van der Waals surface area contributed by atoms with Crippen molar-refractivity contribution in [2.45, 2.75) is 17.7 Å². The van der Waals surface area contributed by atoms with Gasteiger partial charge in [0.1, 0.15) is 6.54 Å². The van der Waals surface area contributed by atoms with Crippen LogP contribution in [0.1, 0.15) is 12.8 Å². The SMILES string of the molecule is COC(=O)CNS(=O)(=O)c1cccc(NC(=O)CNCC2CC2)c1.Cl. The molecule has 1 saturated carbocycles. The molecule has 1 amide bonds. The Morgan fingerprint density at radius 3 is 2.60 bits per heavy atom. The number of amides is 1. The Balaban J connectivity index is 0.00000312. The molecule has 0 aliphatic heterocycles. The van der Waals surface area contributed by atoms with Crippen LogP contribution in [0.25, 0.3) is 0 Å². The second-order valence-electron chi connectivity index (χ2n) is 5.55. The van der Waals surface area contributed by atoms with E-state index in [2.05, 4.69) is 20.1 Å². The molecule has 8 nitrogen and oxygen atoms in total. The summed E-state index contributed by atoms with van der Waals surface area (Å²) in [5.41, 5.74) is 0.370. The monoisotopic (exact) mass is 391 g/mol. The lowest BCUT2D eigenvalue weighted by Gasteiger charge is -2.09. The van der Waals surface area contributed by atoms with E-state index in [9.17, 15) is 18.0 Å². The van der Waals surface area contributed by atoms with Crippen LogP contribution in [0.4, 0.5) is 5.69 Å². The molecule has 3 N–H and O–H groups in total. The van der Waals surface area contributed by atoms with E-state index in [1.54, 1.807) is 6.07 Å². The number of nitrogens with one attached hydrogen (secondary N) is 3. The number of anilines is 1. The van der Waals surface area contributed by atoms with Crippen LogP contribution < -0.4 is 15.4 Å². The summed E-state index contributed by atoms with van der Waals surface area (Å²) < 4.78 is 30.7. The maximum absolute atomic E-state index is 12.1. The summed E-state index contributed by atoms with van der Waals surface area (Å²) in [5.74, 6) is -0.260. The second-order valence-corrected chi connectivity index (χ2v) is 7.32. The van der Waals surface area contributed by atoms with E-state index < -0.39 is 22.5 Å². The van der Waals surface area contributed by atoms with Gasteiger partial charge in [-0.3, -0.25) is 9.59 Å². The molecule has 0 unspecified atom stereocenters. The van der Waals surface area contributed by atoms with Crippen molar-refractivity contribution in [2.75, 3.05) is 32.1 Å². The lowest BCUT2D eigenvalue weighted by atomic mass is 10.3. The molecule has 2 rings (SSSR count). The van der Waals surface area contributed by atoms with Gasteiger partial charge in [0.25, 0.3) is 0 Å². The van der Waals surface area contributed by atoms with E-state index in [0.717, 1.165) is 6.54 Å². The van der Waals surface area contributed by atoms with E-state index >= 15 is 0 Å². The number of hydrogen-bond acceptors (Lipinski definition) is 6. The summed E-state index contributed by atoms with van der Waals surface area (Å²) in [6.07, 6.45) is 2.40. The molecule has 1 aromatic rings. The quantitative estimate of drug-likeness (QED) is 0.528. The van der Waals surface area contributed by atoms with Crippen molar-refractivity contribution < 1.29 is 22.7 Å². The highest BCUT2D eigenvalue weighted by atomic mass is 35.5. The number of carbonyl (C=O) groups is 2. The fourth-order valence-corrected chi connectivity index (χ4v) is 2.98. The van der Waals surface area contributed by atoms with Crippen molar-refractivity contribution in [3.63, 3.8) is 0 Å². The summed E-state index contributed by atoms with van der Waals surface area (Å²) in [6, 6.07) is 5.82. The lowest BCUT2D eigenvalue weighted by molar-refractivity contribution is -0.139. The Hall–Kier alpha value is -1.68. The highest BCUT2D eigenvalue weighted by molar-refractivity contribution is 7.89. The molecule has 0 heterocycles. The van der Waals surface area contributed by atoms with Crippen LogP contribution >= 0.6 is 12.4 Å². The van der Waals surface area contributed by atoms with Gasteiger partial charge in [0.05, 0.1) is 18.6 Å². The van der Waals surface area contributed by atoms with Gasteiger partial charge in [0.15, 0.2) is 0 Å². The predicted octanol–water partition coefficient (Wildman–Crippen LogP) is 0.498. The van der Waals surface area contributed by atoms with Gasteiger partial charge < -0.3 is 15.4 Å². The van der Waals surface area contributed by atoms with Crippen molar-refractivity contribution in [1.29, 1.82) is 0 Å². The molecule has 0 saturated heterocycles. The fraction of sp³-hybridized carbons (Fsp3) is 0.467. The zero-order chi connectivity index (χ0) is 17.6. The van der Waals surface area contributed by atoms with Crippen LogP contribution in [-0.4, -0.2) is 47.0 Å². The number of esters is 1. The Bertz CT molecular complexity index is 707. The van der Waals surface area contributed by atoms with Crippen molar-refractivity contribution in [3.8, 4) is 0 Å². The van der Waals surface area contributed by atoms with Gasteiger partial charge in [-0.15, -0.1) is 12.4 Å². The Labute approximate surface area is 153 Å². The molecule has 1 aliphatic carbocycles. The van der Waals surface area contributed by atoms with Gasteiger partial charge in [-0.1, -0.05) is 6.07 Å². The maximum atomic E-state index is 12.1. The van der Waals surface area contributed by atoms with Gasteiger partial charge in [-0.2, -0.15) is 4.72 Å². The number of benzene rings is 1. The van der Waals surface area contributed by atoms with E-state index in [1.807, 2.05) is 0 Å². The zero-order valence-corrected chi connectivity index (χ0v) is 15.4. The normalized spacial score (nSPS) is 13.6. The van der Waals surface area contributed by atoms with Gasteiger partial charge in [0.2, 0.25) is 15.9 Å². The highest BCUT2D eigenvalue weighted by Gasteiger charge is 2.20. The average molecular weight is 392 g/mol. The smallest absolute Gasteiger partial charge is 0.320 e. The van der Waals surface area contributed by atoms with Crippen molar-refractivity contribution >= 4 is 40.0 Å². The minimum Gasteiger partial charge on any atom is -0.468 e. The summed E-state index contributed by atoms with van der Waals surface area (Å²) in [4.78, 5) is 22.8. The van der Waals surface area contributed by atoms with E-state index in [1.165, 1.54) is 38.2 Å². The molecule has 0 bridgehead atoms. The standard InChI is InChI=1S/C15H21N3O5S.ClH/c1-23-15(20)10-17-24(21,22)13-4-2-3-12(7-13)18-14(19)9-16-8-11-5-6-11;/h2-4,7,11,16-17H,5-6,8-10H2,1H3,(H,18,19);1H. The predicted molar refractivity (Wildman–Crippen MR) is 95.1 cm³/mol. The van der Waals surface area contributed by atoms with Gasteiger partial charge >= 0.3 is 5.97 Å². The van der Waals surface area contributed by atoms with Crippen LogP contribution in [-0.2, 0) is 24.3 Å². The summed E-state index contributed by atoms with van der Waals surface area (Å²) in [5, 5.41) is 5.70. The minimum atomic E-state index is -3.86. The first-order chi connectivity index (χ1) is 11.4. The molecule has 0 aromatic heterocycles. The topological polar surface area (TPSA) is 114 Å². The summed E-state index contributed by atoms with van der Waals surface area (Å²) in [6.45, 7) is 0.536. The van der Waals surface area contributed by atoms with E-state index in [0.29, 0.717) is 11.6 Å². The average Bonchev–Trinajstić information content (AvgIpc) is 3.37. The molecule has 1 aliphatic rings. The van der Waals surface area contributed by atoms with Crippen LogP contribution in [0, 0.1) is 5.92 Å². The third-order valence-electron chi connectivity index (χ3n) is 3.48. The lowest BCUT2D eigenvalue weighted by Crippen LogP contribution is -2.31. The maximum Gasteiger partial charge on any atom is 0.320 e. The number of rotatable bonds is 9. The number of carbonyl (C=O) groups excluding carboxylic acids is 2. The second kappa shape index (κ2) is 9.71. The summed E-state index contributed by atoms with van der Waals surface area (Å²) >= 11 is 0.